The third kappa shape index (κ3) is 3.73. The molecule has 1 amide bonds. The maximum absolute atomic E-state index is 12.9. The van der Waals surface area contributed by atoms with Crippen LogP contribution < -0.4 is 5.32 Å². The molecule has 1 aliphatic rings. The highest BCUT2D eigenvalue weighted by molar-refractivity contribution is 5.91. The molecule has 0 saturated heterocycles. The van der Waals surface area contributed by atoms with Gasteiger partial charge in [0.05, 0.1) is 18.0 Å². The van der Waals surface area contributed by atoms with Crippen molar-refractivity contribution >= 4 is 5.91 Å². The first kappa shape index (κ1) is 15.6. The largest absolute Gasteiger partial charge is 0.391 e. The number of amides is 1. The van der Waals surface area contributed by atoms with Crippen LogP contribution in [0.15, 0.2) is 30.5 Å². The Morgan fingerprint density at radius 3 is 2.74 bits per heavy atom. The van der Waals surface area contributed by atoms with Gasteiger partial charge < -0.3 is 10.4 Å². The van der Waals surface area contributed by atoms with Crippen molar-refractivity contribution < 1.29 is 14.3 Å². The summed E-state index contributed by atoms with van der Waals surface area (Å²) in [6.07, 6.45) is 5.13. The number of rotatable bonds is 5. The van der Waals surface area contributed by atoms with Crippen LogP contribution in [0.2, 0.25) is 0 Å². The fraction of sp³-hybridized carbons (Fsp3) is 0.438. The lowest BCUT2D eigenvalue weighted by Crippen LogP contribution is -2.35. The van der Waals surface area contributed by atoms with Crippen LogP contribution in [0.4, 0.5) is 4.39 Å². The normalized spacial score (nSPS) is 16.4. The first-order valence-electron chi connectivity index (χ1n) is 7.78. The predicted molar refractivity (Wildman–Crippen MR) is 81.6 cm³/mol. The van der Waals surface area contributed by atoms with Crippen molar-refractivity contribution in [1.29, 1.82) is 0 Å². The number of hydrogen-bond donors (Lipinski definition) is 2. The van der Waals surface area contributed by atoms with E-state index in [1.165, 1.54) is 35.3 Å². The van der Waals surface area contributed by atoms with Crippen LogP contribution in [0.3, 0.4) is 0 Å². The fourth-order valence-electron chi connectivity index (χ4n) is 2.86. The molecule has 122 valence electrons. The Labute approximate surface area is 133 Å². The topological polar surface area (TPSA) is 80.0 Å². The molecular weight excluding hydrogens is 299 g/mol. The van der Waals surface area contributed by atoms with Crippen LogP contribution in [0.5, 0.6) is 0 Å². The lowest BCUT2D eigenvalue weighted by Gasteiger charge is -2.17. The lowest BCUT2D eigenvalue weighted by atomic mass is 10.0. The molecule has 1 fully saturated rings. The van der Waals surface area contributed by atoms with Gasteiger partial charge in [-0.05, 0) is 43.0 Å². The number of aromatic nitrogens is 3. The van der Waals surface area contributed by atoms with Gasteiger partial charge in [0, 0.05) is 6.54 Å². The highest BCUT2D eigenvalue weighted by Gasteiger charge is 2.23. The van der Waals surface area contributed by atoms with Gasteiger partial charge in [-0.3, -0.25) is 4.79 Å². The van der Waals surface area contributed by atoms with Crippen molar-refractivity contribution in [3.63, 3.8) is 0 Å². The van der Waals surface area contributed by atoms with Gasteiger partial charge in [0.25, 0.3) is 5.91 Å². The van der Waals surface area contributed by atoms with E-state index in [-0.39, 0.29) is 29.9 Å². The molecule has 1 unspecified atom stereocenters. The van der Waals surface area contributed by atoms with Crippen molar-refractivity contribution in [3.8, 4) is 5.69 Å². The molecule has 1 aromatic carbocycles. The van der Waals surface area contributed by atoms with E-state index in [0.29, 0.717) is 5.69 Å². The molecule has 7 heteroatoms. The summed E-state index contributed by atoms with van der Waals surface area (Å²) in [5.41, 5.74) is 0.726. The molecule has 1 saturated carbocycles. The molecule has 6 nitrogen and oxygen atoms in total. The Bertz CT molecular complexity index is 665. The molecular formula is C16H19FN4O2. The van der Waals surface area contributed by atoms with Crippen molar-refractivity contribution in [2.24, 2.45) is 5.92 Å². The highest BCUT2D eigenvalue weighted by atomic mass is 19.1. The Morgan fingerprint density at radius 1 is 1.35 bits per heavy atom. The van der Waals surface area contributed by atoms with Crippen LogP contribution in [-0.2, 0) is 0 Å². The highest BCUT2D eigenvalue weighted by Crippen LogP contribution is 2.27. The van der Waals surface area contributed by atoms with E-state index in [2.05, 4.69) is 15.5 Å². The van der Waals surface area contributed by atoms with Gasteiger partial charge in [0.2, 0.25) is 0 Å². The van der Waals surface area contributed by atoms with E-state index in [1.807, 2.05) is 0 Å². The molecule has 0 bridgehead atoms. The molecule has 1 aliphatic carbocycles. The lowest BCUT2D eigenvalue weighted by molar-refractivity contribution is 0.0836. The van der Waals surface area contributed by atoms with Gasteiger partial charge in [-0.1, -0.05) is 12.8 Å². The van der Waals surface area contributed by atoms with Gasteiger partial charge in [-0.15, -0.1) is 5.10 Å². The molecule has 1 atom stereocenters. The zero-order chi connectivity index (χ0) is 16.2. The van der Waals surface area contributed by atoms with Crippen LogP contribution in [-0.4, -0.2) is 38.7 Å². The van der Waals surface area contributed by atoms with Gasteiger partial charge >= 0.3 is 0 Å². The number of nitrogens with zero attached hydrogens (tertiary/aromatic N) is 3. The molecule has 3 rings (SSSR count). The number of aliphatic hydroxyl groups excluding tert-OH is 1. The van der Waals surface area contributed by atoms with Gasteiger partial charge in [0.15, 0.2) is 5.69 Å². The van der Waals surface area contributed by atoms with E-state index in [0.717, 1.165) is 25.7 Å². The van der Waals surface area contributed by atoms with E-state index in [4.69, 9.17) is 0 Å². The molecule has 2 aromatic rings. The first-order valence-corrected chi connectivity index (χ1v) is 7.78. The third-order valence-electron chi connectivity index (χ3n) is 4.20. The van der Waals surface area contributed by atoms with Crippen molar-refractivity contribution in [3.05, 3.63) is 42.0 Å². The van der Waals surface area contributed by atoms with E-state index in [9.17, 15) is 14.3 Å². The summed E-state index contributed by atoms with van der Waals surface area (Å²) in [7, 11) is 0. The number of hydrogen-bond acceptors (Lipinski definition) is 4. The second kappa shape index (κ2) is 6.87. The summed E-state index contributed by atoms with van der Waals surface area (Å²) < 4.78 is 12.9. The van der Waals surface area contributed by atoms with E-state index < -0.39 is 6.10 Å². The molecule has 2 N–H and O–H groups in total. The fourth-order valence-corrected chi connectivity index (χ4v) is 2.86. The van der Waals surface area contributed by atoms with Gasteiger partial charge in [-0.2, -0.15) is 9.90 Å². The van der Waals surface area contributed by atoms with Crippen LogP contribution in [0.1, 0.15) is 36.2 Å². The smallest absolute Gasteiger partial charge is 0.273 e. The molecule has 0 radical (unpaired) electrons. The number of nitrogens with one attached hydrogen (secondary N) is 1. The number of carbonyl (C=O) groups is 1. The van der Waals surface area contributed by atoms with Crippen molar-refractivity contribution in [2.75, 3.05) is 6.54 Å². The zero-order valence-corrected chi connectivity index (χ0v) is 12.7. The Kier molecular flexibility index (Phi) is 4.66. The summed E-state index contributed by atoms with van der Waals surface area (Å²) >= 11 is 0. The molecule has 1 aromatic heterocycles. The minimum absolute atomic E-state index is 0.160. The summed E-state index contributed by atoms with van der Waals surface area (Å²) in [5.74, 6) is -0.458. The maximum atomic E-state index is 12.9. The first-order chi connectivity index (χ1) is 11.1. The summed E-state index contributed by atoms with van der Waals surface area (Å²) in [5, 5.41) is 20.8. The van der Waals surface area contributed by atoms with Crippen LogP contribution >= 0.6 is 0 Å². The number of halogens is 1. The molecule has 0 aliphatic heterocycles. The second-order valence-electron chi connectivity index (χ2n) is 5.82. The number of benzene rings is 1. The number of carbonyl (C=O) groups excluding carboxylic acids is 1. The second-order valence-corrected chi connectivity index (χ2v) is 5.82. The average molecular weight is 318 g/mol. The zero-order valence-electron chi connectivity index (χ0n) is 12.7. The standard InChI is InChI=1S/C16H19FN4O2/c17-12-5-7-13(8-6-12)21-19-9-14(20-21)16(23)18-10-15(22)11-3-1-2-4-11/h5-9,11,15,22H,1-4,10H2,(H,18,23). The quantitative estimate of drug-likeness (QED) is 0.879. The summed E-state index contributed by atoms with van der Waals surface area (Å²) in [6.45, 7) is 0.215. The Morgan fingerprint density at radius 2 is 2.04 bits per heavy atom. The molecule has 0 spiro atoms. The SMILES string of the molecule is O=C(NCC(O)C1CCCC1)c1cnn(-c2ccc(F)cc2)n1. The van der Waals surface area contributed by atoms with Crippen LogP contribution in [0.25, 0.3) is 5.69 Å². The Hall–Kier alpha value is -2.28. The monoisotopic (exact) mass is 318 g/mol. The predicted octanol–water partition coefficient (Wildman–Crippen LogP) is 1.69. The maximum Gasteiger partial charge on any atom is 0.273 e. The summed E-state index contributed by atoms with van der Waals surface area (Å²) in [4.78, 5) is 13.3. The van der Waals surface area contributed by atoms with E-state index >= 15 is 0 Å². The van der Waals surface area contributed by atoms with Gasteiger partial charge in [-0.25, -0.2) is 4.39 Å². The molecule has 23 heavy (non-hydrogen) atoms. The van der Waals surface area contributed by atoms with Gasteiger partial charge in [0.1, 0.15) is 5.82 Å². The Balaban J connectivity index is 1.58. The minimum atomic E-state index is -0.520. The average Bonchev–Trinajstić information content (AvgIpc) is 3.24. The minimum Gasteiger partial charge on any atom is -0.391 e. The van der Waals surface area contributed by atoms with Crippen molar-refractivity contribution in [2.45, 2.75) is 31.8 Å². The third-order valence-corrected chi connectivity index (χ3v) is 4.20. The van der Waals surface area contributed by atoms with Crippen molar-refractivity contribution in [1.82, 2.24) is 20.3 Å². The van der Waals surface area contributed by atoms with E-state index in [1.54, 1.807) is 0 Å². The van der Waals surface area contributed by atoms with Crippen LogP contribution in [0, 0.1) is 11.7 Å². The molecule has 1 heterocycles. The summed E-state index contributed by atoms with van der Waals surface area (Å²) in [6, 6.07) is 5.66. The number of aliphatic hydroxyl groups is 1.